The predicted octanol–water partition coefficient (Wildman–Crippen LogP) is 4.57. The van der Waals surface area contributed by atoms with Gasteiger partial charge in [-0.25, -0.2) is 4.98 Å². The van der Waals surface area contributed by atoms with Gasteiger partial charge in [-0.1, -0.05) is 36.4 Å². The van der Waals surface area contributed by atoms with E-state index < -0.39 is 0 Å². The van der Waals surface area contributed by atoms with Crippen molar-refractivity contribution in [3.63, 3.8) is 0 Å². The van der Waals surface area contributed by atoms with E-state index in [1.807, 2.05) is 24.4 Å². The molecule has 4 nitrogen and oxygen atoms in total. The number of piperidine rings is 1. The van der Waals surface area contributed by atoms with Gasteiger partial charge in [0.1, 0.15) is 9.88 Å². The molecule has 1 saturated heterocycles. The first-order chi connectivity index (χ1) is 13.2. The summed E-state index contributed by atoms with van der Waals surface area (Å²) in [6.07, 6.45) is 1.99. The van der Waals surface area contributed by atoms with Crippen LogP contribution in [0.15, 0.2) is 47.8 Å². The summed E-state index contributed by atoms with van der Waals surface area (Å²) in [4.78, 5) is 21.6. The first-order valence-corrected chi connectivity index (χ1v) is 11.0. The van der Waals surface area contributed by atoms with E-state index >= 15 is 0 Å². The molecule has 0 atom stereocenters. The third kappa shape index (κ3) is 4.46. The van der Waals surface area contributed by atoms with E-state index in [0.717, 1.165) is 52.9 Å². The lowest BCUT2D eigenvalue weighted by atomic mass is 10.0. The third-order valence-electron chi connectivity index (χ3n) is 4.91. The number of likely N-dealkylation sites (tertiary alicyclic amines) is 1. The smallest absolute Gasteiger partial charge is 0.263 e. The molecule has 27 heavy (non-hydrogen) atoms. The molecule has 1 aliphatic rings. The first kappa shape index (κ1) is 18.3. The Morgan fingerprint density at radius 3 is 2.67 bits per heavy atom. The van der Waals surface area contributed by atoms with E-state index in [2.05, 4.69) is 45.5 Å². The molecule has 1 aromatic carbocycles. The van der Waals surface area contributed by atoms with Crippen LogP contribution in [-0.4, -0.2) is 34.9 Å². The molecule has 1 amide bonds. The number of aryl methyl sites for hydroxylation is 1. The van der Waals surface area contributed by atoms with Crippen LogP contribution in [-0.2, 0) is 6.54 Å². The van der Waals surface area contributed by atoms with Gasteiger partial charge >= 0.3 is 0 Å². The molecular weight excluding hydrogens is 374 g/mol. The van der Waals surface area contributed by atoms with E-state index in [-0.39, 0.29) is 11.9 Å². The van der Waals surface area contributed by atoms with Gasteiger partial charge in [0.25, 0.3) is 5.91 Å². The summed E-state index contributed by atoms with van der Waals surface area (Å²) in [6.45, 7) is 4.94. The van der Waals surface area contributed by atoms with E-state index in [1.165, 1.54) is 16.9 Å². The molecule has 0 bridgehead atoms. The lowest BCUT2D eigenvalue weighted by molar-refractivity contribution is 0.0912. The maximum absolute atomic E-state index is 12.7. The zero-order chi connectivity index (χ0) is 18.6. The number of thiazole rings is 1. The van der Waals surface area contributed by atoms with Crippen LogP contribution < -0.4 is 5.32 Å². The van der Waals surface area contributed by atoms with E-state index in [1.54, 1.807) is 11.3 Å². The molecule has 2 aromatic heterocycles. The molecular formula is C21H23N3OS2. The molecule has 1 fully saturated rings. The van der Waals surface area contributed by atoms with Crippen molar-refractivity contribution in [3.05, 3.63) is 64.0 Å². The zero-order valence-electron chi connectivity index (χ0n) is 15.4. The zero-order valence-corrected chi connectivity index (χ0v) is 17.0. The fourth-order valence-corrected chi connectivity index (χ4v) is 5.21. The fourth-order valence-electron chi connectivity index (χ4n) is 3.44. The standard InChI is InChI=1S/C21H23N3OS2/c1-15-19(27-21(22-15)18-8-5-13-26-18)20(25)23-17-9-11-24(12-10-17)14-16-6-3-2-4-7-16/h2-8,13,17H,9-12,14H2,1H3,(H,23,25). The number of nitrogens with one attached hydrogen (secondary N) is 1. The largest absolute Gasteiger partial charge is 0.348 e. The van der Waals surface area contributed by atoms with Gasteiger partial charge in [0.05, 0.1) is 10.6 Å². The van der Waals surface area contributed by atoms with Crippen molar-refractivity contribution < 1.29 is 4.79 Å². The average Bonchev–Trinajstić information content (AvgIpc) is 3.34. The van der Waals surface area contributed by atoms with E-state index in [0.29, 0.717) is 0 Å². The summed E-state index contributed by atoms with van der Waals surface area (Å²) in [5.41, 5.74) is 2.17. The van der Waals surface area contributed by atoms with Crippen molar-refractivity contribution in [2.75, 3.05) is 13.1 Å². The van der Waals surface area contributed by atoms with Crippen molar-refractivity contribution in [1.82, 2.24) is 15.2 Å². The lowest BCUT2D eigenvalue weighted by Gasteiger charge is -2.32. The Hall–Kier alpha value is -2.02. The highest BCUT2D eigenvalue weighted by molar-refractivity contribution is 7.22. The van der Waals surface area contributed by atoms with Gasteiger partial charge in [-0.05, 0) is 36.8 Å². The minimum absolute atomic E-state index is 0.0225. The molecule has 140 valence electrons. The number of rotatable bonds is 5. The van der Waals surface area contributed by atoms with Gasteiger partial charge in [-0.2, -0.15) is 0 Å². The maximum atomic E-state index is 12.7. The number of carbonyl (C=O) groups is 1. The van der Waals surface area contributed by atoms with Crippen LogP contribution in [0.3, 0.4) is 0 Å². The number of carbonyl (C=O) groups excluding carboxylic acids is 1. The molecule has 1 N–H and O–H groups in total. The van der Waals surface area contributed by atoms with Crippen molar-refractivity contribution in [3.8, 4) is 9.88 Å². The summed E-state index contributed by atoms with van der Waals surface area (Å²) < 4.78 is 0. The van der Waals surface area contributed by atoms with Crippen molar-refractivity contribution >= 4 is 28.6 Å². The van der Waals surface area contributed by atoms with Gasteiger partial charge in [-0.15, -0.1) is 22.7 Å². The van der Waals surface area contributed by atoms with Crippen LogP contribution >= 0.6 is 22.7 Å². The van der Waals surface area contributed by atoms with Gasteiger partial charge in [0.2, 0.25) is 0 Å². The highest BCUT2D eigenvalue weighted by Gasteiger charge is 2.23. The Labute approximate surface area is 167 Å². The van der Waals surface area contributed by atoms with Crippen LogP contribution in [0.25, 0.3) is 9.88 Å². The van der Waals surface area contributed by atoms with Gasteiger partial charge in [-0.3, -0.25) is 9.69 Å². The number of nitrogens with zero attached hydrogens (tertiary/aromatic N) is 2. The van der Waals surface area contributed by atoms with Crippen LogP contribution in [0.5, 0.6) is 0 Å². The first-order valence-electron chi connectivity index (χ1n) is 9.27. The second kappa shape index (κ2) is 8.33. The minimum Gasteiger partial charge on any atom is -0.348 e. The Kier molecular flexibility index (Phi) is 5.66. The fraction of sp³-hybridized carbons (Fsp3) is 0.333. The summed E-state index contributed by atoms with van der Waals surface area (Å²) in [5, 5.41) is 6.20. The number of hydrogen-bond acceptors (Lipinski definition) is 5. The topological polar surface area (TPSA) is 45.2 Å². The van der Waals surface area contributed by atoms with Crippen molar-refractivity contribution in [2.45, 2.75) is 32.4 Å². The quantitative estimate of drug-likeness (QED) is 0.686. The summed E-state index contributed by atoms with van der Waals surface area (Å²) in [7, 11) is 0. The maximum Gasteiger partial charge on any atom is 0.263 e. The second-order valence-electron chi connectivity index (χ2n) is 6.92. The normalized spacial score (nSPS) is 15.7. The molecule has 3 heterocycles. The molecule has 0 aliphatic carbocycles. The monoisotopic (exact) mass is 397 g/mol. The predicted molar refractivity (Wildman–Crippen MR) is 112 cm³/mol. The average molecular weight is 398 g/mol. The van der Waals surface area contributed by atoms with E-state index in [9.17, 15) is 4.79 Å². The summed E-state index contributed by atoms with van der Waals surface area (Å²) in [5.74, 6) is 0.0225. The summed E-state index contributed by atoms with van der Waals surface area (Å²) >= 11 is 3.15. The molecule has 0 unspecified atom stereocenters. The lowest BCUT2D eigenvalue weighted by Crippen LogP contribution is -2.44. The number of amides is 1. The third-order valence-corrected chi connectivity index (χ3v) is 7.10. The van der Waals surface area contributed by atoms with Gasteiger partial charge < -0.3 is 5.32 Å². The number of hydrogen-bond donors (Lipinski definition) is 1. The molecule has 0 radical (unpaired) electrons. The Bertz CT molecular complexity index is 882. The van der Waals surface area contributed by atoms with Crippen LogP contribution in [0.2, 0.25) is 0 Å². The Morgan fingerprint density at radius 2 is 1.96 bits per heavy atom. The Morgan fingerprint density at radius 1 is 1.19 bits per heavy atom. The van der Waals surface area contributed by atoms with E-state index in [4.69, 9.17) is 0 Å². The van der Waals surface area contributed by atoms with Gasteiger partial charge in [0, 0.05) is 25.7 Å². The van der Waals surface area contributed by atoms with Crippen LogP contribution in [0, 0.1) is 6.92 Å². The molecule has 1 aliphatic heterocycles. The number of aromatic nitrogens is 1. The molecule has 6 heteroatoms. The highest BCUT2D eigenvalue weighted by Crippen LogP contribution is 2.31. The molecule has 3 aromatic rings. The number of benzene rings is 1. The number of thiophene rings is 1. The Balaban J connectivity index is 1.32. The van der Waals surface area contributed by atoms with Crippen molar-refractivity contribution in [2.24, 2.45) is 0 Å². The minimum atomic E-state index is 0.0225. The van der Waals surface area contributed by atoms with Crippen molar-refractivity contribution in [1.29, 1.82) is 0 Å². The van der Waals surface area contributed by atoms with Crippen LogP contribution in [0.1, 0.15) is 33.8 Å². The highest BCUT2D eigenvalue weighted by atomic mass is 32.1. The van der Waals surface area contributed by atoms with Crippen LogP contribution in [0.4, 0.5) is 0 Å². The SMILES string of the molecule is Cc1nc(-c2cccs2)sc1C(=O)NC1CCN(Cc2ccccc2)CC1. The molecule has 0 saturated carbocycles. The molecule has 0 spiro atoms. The van der Waals surface area contributed by atoms with Gasteiger partial charge in [0.15, 0.2) is 0 Å². The second-order valence-corrected chi connectivity index (χ2v) is 8.87. The molecule has 4 rings (SSSR count). The summed E-state index contributed by atoms with van der Waals surface area (Å²) in [6, 6.07) is 14.9.